The Morgan fingerprint density at radius 3 is 2.81 bits per heavy atom. The molecule has 1 aromatic rings. The molecule has 2 rings (SSSR count). The molecule has 21 heavy (non-hydrogen) atoms. The van der Waals surface area contributed by atoms with Crippen molar-refractivity contribution in [2.75, 3.05) is 31.6 Å². The quantitative estimate of drug-likeness (QED) is 0.812. The van der Waals surface area contributed by atoms with Crippen molar-refractivity contribution in [3.63, 3.8) is 0 Å². The van der Waals surface area contributed by atoms with Gasteiger partial charge in [0.2, 0.25) is 5.91 Å². The number of nitrogens with one attached hydrogen (secondary N) is 2. The minimum atomic E-state index is -0.229. The minimum Gasteiger partial charge on any atom is -0.492 e. The van der Waals surface area contributed by atoms with Crippen LogP contribution in [0, 0.1) is 0 Å². The Kier molecular flexibility index (Phi) is 5.45. The largest absolute Gasteiger partial charge is 0.492 e. The second kappa shape index (κ2) is 7.11. The standard InChI is InChI=1S/C15H21ClN2O3/c1-3-6-20-13-5-4-11(7-12(13)16)18-14(19)8-21-15(2)9-17-10-15/h4-5,7,17H,3,6,8-10H2,1-2H3,(H,18,19). The van der Waals surface area contributed by atoms with Crippen molar-refractivity contribution in [1.82, 2.24) is 5.32 Å². The third-order valence-electron chi connectivity index (χ3n) is 3.23. The van der Waals surface area contributed by atoms with Crippen LogP contribution in [0.1, 0.15) is 20.3 Å². The van der Waals surface area contributed by atoms with Gasteiger partial charge in [0.15, 0.2) is 0 Å². The summed E-state index contributed by atoms with van der Waals surface area (Å²) in [5.74, 6) is 0.433. The van der Waals surface area contributed by atoms with Gasteiger partial charge in [0.05, 0.1) is 17.2 Å². The number of hydrogen-bond acceptors (Lipinski definition) is 4. The lowest BCUT2D eigenvalue weighted by Gasteiger charge is -2.38. The Balaban J connectivity index is 1.84. The van der Waals surface area contributed by atoms with Crippen LogP contribution in [0.2, 0.25) is 5.02 Å². The molecule has 0 radical (unpaired) electrons. The molecule has 1 aliphatic rings. The summed E-state index contributed by atoms with van der Waals surface area (Å²) >= 11 is 6.11. The van der Waals surface area contributed by atoms with Crippen LogP contribution in [-0.2, 0) is 9.53 Å². The van der Waals surface area contributed by atoms with Crippen molar-refractivity contribution < 1.29 is 14.3 Å². The average molecular weight is 313 g/mol. The average Bonchev–Trinajstić information content (AvgIpc) is 2.42. The van der Waals surface area contributed by atoms with E-state index in [1.165, 1.54) is 0 Å². The first kappa shape index (κ1) is 16.1. The first-order valence-corrected chi connectivity index (χ1v) is 7.47. The zero-order valence-corrected chi connectivity index (χ0v) is 13.1. The number of rotatable bonds is 7. The maximum Gasteiger partial charge on any atom is 0.250 e. The van der Waals surface area contributed by atoms with Gasteiger partial charge in [0.1, 0.15) is 12.4 Å². The van der Waals surface area contributed by atoms with Gasteiger partial charge in [-0.15, -0.1) is 0 Å². The Labute approximate surface area is 130 Å². The lowest BCUT2D eigenvalue weighted by Crippen LogP contribution is -2.59. The van der Waals surface area contributed by atoms with E-state index in [-0.39, 0.29) is 18.1 Å². The van der Waals surface area contributed by atoms with E-state index in [9.17, 15) is 4.79 Å². The number of carbonyl (C=O) groups is 1. The summed E-state index contributed by atoms with van der Waals surface area (Å²) in [5.41, 5.74) is 0.404. The van der Waals surface area contributed by atoms with E-state index in [1.54, 1.807) is 18.2 Å². The van der Waals surface area contributed by atoms with E-state index in [0.717, 1.165) is 19.5 Å². The van der Waals surface area contributed by atoms with Crippen molar-refractivity contribution in [1.29, 1.82) is 0 Å². The molecule has 6 heteroatoms. The molecular formula is C15H21ClN2O3. The highest BCUT2D eigenvalue weighted by Crippen LogP contribution is 2.27. The number of amides is 1. The summed E-state index contributed by atoms with van der Waals surface area (Å²) in [6.07, 6.45) is 0.916. The maximum absolute atomic E-state index is 11.8. The van der Waals surface area contributed by atoms with Gasteiger partial charge in [-0.3, -0.25) is 4.79 Å². The van der Waals surface area contributed by atoms with Gasteiger partial charge in [0, 0.05) is 18.8 Å². The number of benzene rings is 1. The summed E-state index contributed by atoms with van der Waals surface area (Å²) < 4.78 is 11.1. The molecule has 0 bridgehead atoms. The number of hydrogen-bond donors (Lipinski definition) is 2. The summed E-state index contributed by atoms with van der Waals surface area (Å²) in [4.78, 5) is 11.8. The molecule has 2 N–H and O–H groups in total. The van der Waals surface area contributed by atoms with E-state index in [0.29, 0.717) is 23.1 Å². The fraction of sp³-hybridized carbons (Fsp3) is 0.533. The smallest absolute Gasteiger partial charge is 0.250 e. The summed E-state index contributed by atoms with van der Waals surface area (Å²) in [7, 11) is 0. The highest BCUT2D eigenvalue weighted by atomic mass is 35.5. The predicted molar refractivity (Wildman–Crippen MR) is 83.1 cm³/mol. The summed E-state index contributed by atoms with van der Waals surface area (Å²) in [5, 5.41) is 6.36. The van der Waals surface area contributed by atoms with Crippen LogP contribution in [-0.4, -0.2) is 37.8 Å². The molecule has 1 heterocycles. The van der Waals surface area contributed by atoms with E-state index in [4.69, 9.17) is 21.1 Å². The zero-order chi connectivity index (χ0) is 15.3. The molecular weight excluding hydrogens is 292 g/mol. The van der Waals surface area contributed by atoms with Crippen LogP contribution in [0.3, 0.4) is 0 Å². The van der Waals surface area contributed by atoms with Gasteiger partial charge in [-0.2, -0.15) is 0 Å². The van der Waals surface area contributed by atoms with E-state index < -0.39 is 0 Å². The van der Waals surface area contributed by atoms with E-state index in [1.807, 2.05) is 13.8 Å². The molecule has 0 aliphatic carbocycles. The summed E-state index contributed by atoms with van der Waals surface area (Å²) in [6.45, 7) is 6.20. The van der Waals surface area contributed by atoms with Crippen LogP contribution in [0.25, 0.3) is 0 Å². The molecule has 1 amide bonds. The molecule has 0 unspecified atom stereocenters. The van der Waals surface area contributed by atoms with Gasteiger partial charge in [0.25, 0.3) is 0 Å². The molecule has 1 saturated heterocycles. The number of anilines is 1. The number of ether oxygens (including phenoxy) is 2. The second-order valence-corrected chi connectivity index (χ2v) is 5.79. The van der Waals surface area contributed by atoms with E-state index >= 15 is 0 Å². The molecule has 0 atom stereocenters. The monoisotopic (exact) mass is 312 g/mol. The SMILES string of the molecule is CCCOc1ccc(NC(=O)COC2(C)CNC2)cc1Cl. The topological polar surface area (TPSA) is 59.6 Å². The lowest BCUT2D eigenvalue weighted by molar-refractivity contribution is -0.130. The van der Waals surface area contributed by atoms with Crippen molar-refractivity contribution in [2.45, 2.75) is 25.9 Å². The van der Waals surface area contributed by atoms with Crippen LogP contribution >= 0.6 is 11.6 Å². The second-order valence-electron chi connectivity index (χ2n) is 5.38. The van der Waals surface area contributed by atoms with Crippen LogP contribution in [0.4, 0.5) is 5.69 Å². The maximum atomic E-state index is 11.8. The van der Waals surface area contributed by atoms with Crippen LogP contribution < -0.4 is 15.4 Å². The fourth-order valence-corrected chi connectivity index (χ4v) is 2.16. The third-order valence-corrected chi connectivity index (χ3v) is 3.52. The Bertz CT molecular complexity index is 504. The fourth-order valence-electron chi connectivity index (χ4n) is 1.92. The molecule has 0 saturated carbocycles. The minimum absolute atomic E-state index is 0.0316. The van der Waals surface area contributed by atoms with Gasteiger partial charge in [-0.25, -0.2) is 0 Å². The van der Waals surface area contributed by atoms with Crippen LogP contribution in [0.5, 0.6) is 5.75 Å². The predicted octanol–water partition coefficient (Wildman–Crippen LogP) is 2.45. The number of carbonyl (C=O) groups excluding carboxylic acids is 1. The first-order chi connectivity index (χ1) is 10.0. The van der Waals surface area contributed by atoms with Gasteiger partial charge in [-0.05, 0) is 31.5 Å². The Morgan fingerprint density at radius 2 is 2.24 bits per heavy atom. The van der Waals surface area contributed by atoms with Crippen molar-refractivity contribution in [3.05, 3.63) is 23.2 Å². The molecule has 116 valence electrons. The highest BCUT2D eigenvalue weighted by molar-refractivity contribution is 6.32. The highest BCUT2D eigenvalue weighted by Gasteiger charge is 2.32. The molecule has 1 fully saturated rings. The van der Waals surface area contributed by atoms with Crippen molar-refractivity contribution >= 4 is 23.2 Å². The molecule has 1 aliphatic heterocycles. The first-order valence-electron chi connectivity index (χ1n) is 7.09. The van der Waals surface area contributed by atoms with Gasteiger partial charge >= 0.3 is 0 Å². The van der Waals surface area contributed by atoms with Gasteiger partial charge in [-0.1, -0.05) is 18.5 Å². The Hall–Kier alpha value is -1.30. The number of halogens is 1. The zero-order valence-electron chi connectivity index (χ0n) is 12.4. The van der Waals surface area contributed by atoms with E-state index in [2.05, 4.69) is 10.6 Å². The van der Waals surface area contributed by atoms with Crippen molar-refractivity contribution in [2.24, 2.45) is 0 Å². The normalized spacial score (nSPS) is 16.1. The molecule has 1 aromatic carbocycles. The summed E-state index contributed by atoms with van der Waals surface area (Å²) in [6, 6.07) is 5.20. The lowest BCUT2D eigenvalue weighted by atomic mass is 10.0. The molecule has 0 spiro atoms. The van der Waals surface area contributed by atoms with Crippen molar-refractivity contribution in [3.8, 4) is 5.75 Å². The van der Waals surface area contributed by atoms with Crippen LogP contribution in [0.15, 0.2) is 18.2 Å². The Morgan fingerprint density at radius 1 is 1.48 bits per heavy atom. The van der Waals surface area contributed by atoms with Gasteiger partial charge < -0.3 is 20.1 Å². The molecule has 0 aromatic heterocycles. The molecule has 5 nitrogen and oxygen atoms in total. The third kappa shape index (κ3) is 4.59.